The Morgan fingerprint density at radius 3 is 2.46 bits per heavy atom. The van der Waals surface area contributed by atoms with E-state index in [4.69, 9.17) is 4.74 Å². The van der Waals surface area contributed by atoms with Crippen LogP contribution in [0.25, 0.3) is 11.4 Å². The number of aryl methyl sites for hydroxylation is 1. The van der Waals surface area contributed by atoms with Crippen LogP contribution < -0.4 is 14.4 Å². The minimum absolute atomic E-state index is 0.000959. The second-order valence-electron chi connectivity index (χ2n) is 8.03. The molecule has 0 spiro atoms. The van der Waals surface area contributed by atoms with Gasteiger partial charge in [0.25, 0.3) is 10.0 Å². The first-order valence-electron chi connectivity index (χ1n) is 11.5. The summed E-state index contributed by atoms with van der Waals surface area (Å²) in [6, 6.07) is 23.1. The number of para-hydroxylation sites is 1. The van der Waals surface area contributed by atoms with Crippen LogP contribution in [-0.4, -0.2) is 55.5 Å². The largest absolute Gasteiger partial charge is 0.495 e. The lowest BCUT2D eigenvalue weighted by molar-refractivity contribution is -0.119. The van der Waals surface area contributed by atoms with Crippen molar-refractivity contribution in [3.8, 4) is 17.1 Å². The van der Waals surface area contributed by atoms with Crippen LogP contribution in [0.5, 0.6) is 5.75 Å². The van der Waals surface area contributed by atoms with Gasteiger partial charge in [-0.2, -0.15) is 0 Å². The van der Waals surface area contributed by atoms with Crippen LogP contribution in [0.2, 0.25) is 0 Å². The Bertz CT molecular complexity index is 1440. The molecule has 37 heavy (non-hydrogen) atoms. The van der Waals surface area contributed by atoms with E-state index in [1.54, 1.807) is 55.5 Å². The molecule has 0 fully saturated rings. The normalized spacial score (nSPS) is 11.2. The summed E-state index contributed by atoms with van der Waals surface area (Å²) in [5.74, 6) is 0.966. The number of aromatic amines is 1. The van der Waals surface area contributed by atoms with E-state index in [1.165, 1.54) is 18.9 Å². The standard InChI is InChI=1S/C26H27N5O4S2/c1-19-13-14-22(35-2)23(17-19)37(33,34)31(21-11-7-4-8-12-21)18-24(32)27-15-16-36-26-28-25(29-30-26)20-9-5-3-6-10-20/h3-14,17H,15-16,18H2,1-2H3,(H,27,32)(H,28,29,30). The summed E-state index contributed by atoms with van der Waals surface area (Å²) in [6.45, 7) is 1.73. The van der Waals surface area contributed by atoms with Crippen molar-refractivity contribution in [2.24, 2.45) is 0 Å². The fourth-order valence-corrected chi connectivity index (χ4v) is 5.89. The third kappa shape index (κ3) is 6.49. The van der Waals surface area contributed by atoms with Crippen molar-refractivity contribution < 1.29 is 17.9 Å². The SMILES string of the molecule is COc1ccc(C)cc1S(=O)(=O)N(CC(=O)NCCSc1n[nH]c(-c2ccccc2)n1)c1ccccc1. The van der Waals surface area contributed by atoms with E-state index in [1.807, 2.05) is 30.3 Å². The number of carbonyl (C=O) groups is 1. The lowest BCUT2D eigenvalue weighted by Crippen LogP contribution is -2.41. The number of sulfonamides is 1. The van der Waals surface area contributed by atoms with Crippen molar-refractivity contribution in [3.05, 3.63) is 84.4 Å². The van der Waals surface area contributed by atoms with Crippen LogP contribution in [0.15, 0.2) is 88.9 Å². The van der Waals surface area contributed by atoms with Crippen LogP contribution in [0, 0.1) is 6.92 Å². The highest BCUT2D eigenvalue weighted by atomic mass is 32.2. The number of hydrogen-bond acceptors (Lipinski definition) is 7. The summed E-state index contributed by atoms with van der Waals surface area (Å²) in [5.41, 5.74) is 2.07. The van der Waals surface area contributed by atoms with Crippen LogP contribution in [0.4, 0.5) is 5.69 Å². The van der Waals surface area contributed by atoms with Crippen LogP contribution in [0.1, 0.15) is 5.56 Å². The molecule has 0 saturated heterocycles. The number of benzene rings is 3. The minimum Gasteiger partial charge on any atom is -0.495 e. The van der Waals surface area contributed by atoms with Gasteiger partial charge in [-0.15, -0.1) is 5.10 Å². The first kappa shape index (κ1) is 26.2. The van der Waals surface area contributed by atoms with E-state index in [0.717, 1.165) is 15.4 Å². The molecule has 0 aliphatic carbocycles. The van der Waals surface area contributed by atoms with Gasteiger partial charge in [-0.25, -0.2) is 13.4 Å². The quantitative estimate of drug-likeness (QED) is 0.220. The molecular formula is C26H27N5O4S2. The fourth-order valence-electron chi connectivity index (χ4n) is 3.57. The van der Waals surface area contributed by atoms with E-state index >= 15 is 0 Å². The molecule has 0 aliphatic rings. The molecule has 0 bridgehead atoms. The number of carbonyl (C=O) groups excluding carboxylic acids is 1. The maximum atomic E-state index is 13.7. The van der Waals surface area contributed by atoms with Gasteiger partial charge in [0.2, 0.25) is 11.1 Å². The molecule has 9 nitrogen and oxygen atoms in total. The number of anilines is 1. The topological polar surface area (TPSA) is 117 Å². The van der Waals surface area contributed by atoms with Gasteiger partial charge in [-0.3, -0.25) is 14.2 Å². The highest BCUT2D eigenvalue weighted by Crippen LogP contribution is 2.30. The zero-order valence-corrected chi connectivity index (χ0v) is 22.1. The average molecular weight is 538 g/mol. The number of thioether (sulfide) groups is 1. The molecule has 4 aromatic rings. The lowest BCUT2D eigenvalue weighted by Gasteiger charge is -2.25. The van der Waals surface area contributed by atoms with Gasteiger partial charge in [0, 0.05) is 17.9 Å². The molecule has 3 aromatic carbocycles. The molecule has 0 atom stereocenters. The van der Waals surface area contributed by atoms with Crippen LogP contribution >= 0.6 is 11.8 Å². The Morgan fingerprint density at radius 1 is 1.05 bits per heavy atom. The van der Waals surface area contributed by atoms with Gasteiger partial charge in [-0.05, 0) is 36.8 Å². The molecule has 0 saturated carbocycles. The molecule has 0 unspecified atom stereocenters. The molecular weight excluding hydrogens is 510 g/mol. The van der Waals surface area contributed by atoms with E-state index in [9.17, 15) is 13.2 Å². The summed E-state index contributed by atoms with van der Waals surface area (Å²) < 4.78 is 33.7. The first-order chi connectivity index (χ1) is 17.9. The summed E-state index contributed by atoms with van der Waals surface area (Å²) in [4.78, 5) is 17.3. The van der Waals surface area contributed by atoms with Gasteiger partial charge in [-0.1, -0.05) is 66.4 Å². The van der Waals surface area contributed by atoms with Crippen LogP contribution in [0.3, 0.4) is 0 Å². The Kier molecular flexibility index (Phi) is 8.47. The molecule has 1 aromatic heterocycles. The maximum Gasteiger partial charge on any atom is 0.268 e. The number of amides is 1. The molecule has 4 rings (SSSR count). The van der Waals surface area contributed by atoms with Crippen molar-refractivity contribution in [1.29, 1.82) is 0 Å². The van der Waals surface area contributed by atoms with E-state index in [0.29, 0.717) is 29.0 Å². The third-order valence-corrected chi connectivity index (χ3v) is 8.03. The highest BCUT2D eigenvalue weighted by Gasteiger charge is 2.30. The van der Waals surface area contributed by atoms with Crippen molar-refractivity contribution in [2.75, 3.05) is 30.3 Å². The van der Waals surface area contributed by atoms with E-state index < -0.39 is 15.9 Å². The van der Waals surface area contributed by atoms with Crippen LogP contribution in [-0.2, 0) is 14.8 Å². The monoisotopic (exact) mass is 537 g/mol. The van der Waals surface area contributed by atoms with Crippen molar-refractivity contribution in [1.82, 2.24) is 20.5 Å². The Hall–Kier alpha value is -3.83. The molecule has 192 valence electrons. The van der Waals surface area contributed by atoms with E-state index in [2.05, 4.69) is 20.5 Å². The molecule has 2 N–H and O–H groups in total. The summed E-state index contributed by atoms with van der Waals surface area (Å²) in [5, 5.41) is 10.5. The number of H-pyrrole nitrogens is 1. The molecule has 11 heteroatoms. The Morgan fingerprint density at radius 2 is 1.76 bits per heavy atom. The summed E-state index contributed by atoms with van der Waals surface area (Å²) in [7, 11) is -2.68. The predicted octanol–water partition coefficient (Wildman–Crippen LogP) is 3.89. The maximum absolute atomic E-state index is 13.7. The lowest BCUT2D eigenvalue weighted by atomic mass is 10.2. The predicted molar refractivity (Wildman–Crippen MR) is 144 cm³/mol. The Labute approximate surface area is 220 Å². The molecule has 0 aliphatic heterocycles. The number of rotatable bonds is 11. The zero-order chi connectivity index (χ0) is 26.3. The van der Waals surface area contributed by atoms with Gasteiger partial charge >= 0.3 is 0 Å². The van der Waals surface area contributed by atoms with Crippen molar-refractivity contribution >= 4 is 33.4 Å². The first-order valence-corrected chi connectivity index (χ1v) is 13.9. The fraction of sp³-hybridized carbons (Fsp3) is 0.192. The summed E-state index contributed by atoms with van der Waals surface area (Å²) >= 11 is 1.39. The average Bonchev–Trinajstić information content (AvgIpc) is 3.40. The molecule has 0 radical (unpaired) electrons. The van der Waals surface area contributed by atoms with Gasteiger partial charge in [0.05, 0.1) is 12.8 Å². The smallest absolute Gasteiger partial charge is 0.268 e. The highest BCUT2D eigenvalue weighted by molar-refractivity contribution is 7.99. The molecule has 1 amide bonds. The van der Waals surface area contributed by atoms with Crippen molar-refractivity contribution in [3.63, 3.8) is 0 Å². The summed E-state index contributed by atoms with van der Waals surface area (Å²) in [6.07, 6.45) is 0. The number of aromatic nitrogens is 3. The second-order valence-corrected chi connectivity index (χ2v) is 10.9. The Balaban J connectivity index is 1.41. The minimum atomic E-state index is -4.09. The van der Waals surface area contributed by atoms with Gasteiger partial charge in [0.1, 0.15) is 17.2 Å². The molecule has 1 heterocycles. The van der Waals surface area contributed by atoms with Gasteiger partial charge < -0.3 is 10.1 Å². The second kappa shape index (κ2) is 11.9. The number of nitrogens with zero attached hydrogens (tertiary/aromatic N) is 3. The van der Waals surface area contributed by atoms with Crippen molar-refractivity contribution in [2.45, 2.75) is 17.0 Å². The van der Waals surface area contributed by atoms with E-state index in [-0.39, 0.29) is 17.2 Å². The zero-order valence-electron chi connectivity index (χ0n) is 20.4. The third-order valence-electron chi connectivity index (χ3n) is 5.39. The number of nitrogens with one attached hydrogen (secondary N) is 2. The number of methoxy groups -OCH3 is 1. The number of ether oxygens (including phenoxy) is 1. The number of hydrogen-bond donors (Lipinski definition) is 2. The van der Waals surface area contributed by atoms with Gasteiger partial charge in [0.15, 0.2) is 5.82 Å².